The Morgan fingerprint density at radius 2 is 1.89 bits per heavy atom. The molecule has 4 rings (SSSR count). The Morgan fingerprint density at radius 1 is 1.11 bits per heavy atom. The monoisotopic (exact) mass is 524 g/mol. The van der Waals surface area contributed by atoms with Gasteiger partial charge in [0.15, 0.2) is 11.5 Å². The first kappa shape index (κ1) is 26.0. The topological polar surface area (TPSA) is 105 Å². The molecule has 2 aromatic carbocycles. The van der Waals surface area contributed by atoms with Crippen molar-refractivity contribution in [3.05, 3.63) is 73.1 Å². The molecule has 0 fully saturated rings. The van der Waals surface area contributed by atoms with Crippen molar-refractivity contribution in [2.75, 3.05) is 20.0 Å². The van der Waals surface area contributed by atoms with Gasteiger partial charge in [-0.1, -0.05) is 25.1 Å². The van der Waals surface area contributed by atoms with Crippen molar-refractivity contribution in [2.24, 2.45) is 0 Å². The van der Waals surface area contributed by atoms with Gasteiger partial charge in [0.1, 0.15) is 17.0 Å². The molecule has 9 nitrogen and oxygen atoms in total. The highest BCUT2D eigenvalue weighted by Gasteiger charge is 2.15. The van der Waals surface area contributed by atoms with Gasteiger partial charge in [-0.2, -0.15) is 0 Å². The Labute approximate surface area is 217 Å². The number of esters is 1. The van der Waals surface area contributed by atoms with E-state index in [1.54, 1.807) is 25.1 Å². The second-order valence-corrected chi connectivity index (χ2v) is 9.18. The quantitative estimate of drug-likeness (QED) is 0.404. The fraction of sp³-hybridized carbons (Fsp3) is 0.296. The first-order valence-corrected chi connectivity index (χ1v) is 12.8. The van der Waals surface area contributed by atoms with Crippen LogP contribution < -0.4 is 34.3 Å². The molecule has 0 aliphatic carbocycles. The van der Waals surface area contributed by atoms with Crippen molar-refractivity contribution >= 4 is 35.4 Å². The van der Waals surface area contributed by atoms with Gasteiger partial charge in [0.25, 0.3) is 5.56 Å². The number of rotatable bonds is 10. The molecule has 1 aliphatic rings. The number of nitrogens with one attached hydrogen (secondary N) is 1. The molecule has 1 aliphatic heterocycles. The molecular formula is C27H28N2O7S. The van der Waals surface area contributed by atoms with Crippen LogP contribution in [0.1, 0.15) is 31.4 Å². The van der Waals surface area contributed by atoms with E-state index in [2.05, 4.69) is 5.32 Å². The molecule has 0 bridgehead atoms. The number of ether oxygens (including phenoxy) is 4. The smallest absolute Gasteiger partial charge is 0.333 e. The first-order valence-electron chi connectivity index (χ1n) is 11.9. The lowest BCUT2D eigenvalue weighted by Crippen LogP contribution is -2.38. The fourth-order valence-corrected chi connectivity index (χ4v) is 4.59. The number of aromatic nitrogens is 1. The third kappa shape index (κ3) is 6.79. The van der Waals surface area contributed by atoms with Gasteiger partial charge in [-0.05, 0) is 54.8 Å². The number of fused-ring (bicyclic) bond motifs is 1. The third-order valence-corrected chi connectivity index (χ3v) is 6.40. The Hall–Kier alpha value is -4.05. The van der Waals surface area contributed by atoms with Crippen LogP contribution in [0.15, 0.2) is 47.3 Å². The molecule has 0 atom stereocenters. The van der Waals surface area contributed by atoms with Gasteiger partial charge < -0.3 is 24.3 Å². The average molecular weight is 525 g/mol. The minimum atomic E-state index is -0.581. The minimum Gasteiger partial charge on any atom is -0.494 e. The SMILES string of the molecule is CCCOc1ccc(/C=c2\s/c(=C\C(=O)OCC)n(CC(=O)NCc3ccc4c(c3)OCO4)c2=O)cc1. The normalized spacial score (nSPS) is 13.0. The van der Waals surface area contributed by atoms with Crippen LogP contribution in [0.4, 0.5) is 0 Å². The second kappa shape index (κ2) is 12.3. The van der Waals surface area contributed by atoms with Crippen LogP contribution in [0.3, 0.4) is 0 Å². The molecule has 10 heteroatoms. The summed E-state index contributed by atoms with van der Waals surface area (Å²) in [5, 5.41) is 2.81. The van der Waals surface area contributed by atoms with Crippen LogP contribution in [0.2, 0.25) is 0 Å². The number of carbonyl (C=O) groups is 2. The minimum absolute atomic E-state index is 0.169. The molecule has 0 unspecified atom stereocenters. The van der Waals surface area contributed by atoms with Crippen LogP contribution in [0.25, 0.3) is 12.2 Å². The van der Waals surface area contributed by atoms with E-state index in [-0.39, 0.29) is 38.0 Å². The highest BCUT2D eigenvalue weighted by Crippen LogP contribution is 2.32. The molecule has 1 aromatic heterocycles. The fourth-order valence-electron chi connectivity index (χ4n) is 3.56. The summed E-state index contributed by atoms with van der Waals surface area (Å²) < 4.78 is 23.3. The Bertz CT molecular complexity index is 1440. The number of hydrogen-bond donors (Lipinski definition) is 1. The highest BCUT2D eigenvalue weighted by molar-refractivity contribution is 7.07. The van der Waals surface area contributed by atoms with Crippen LogP contribution in [0.5, 0.6) is 17.2 Å². The maximum absolute atomic E-state index is 13.2. The van der Waals surface area contributed by atoms with Crippen molar-refractivity contribution in [1.82, 2.24) is 9.88 Å². The molecule has 3 aromatic rings. The zero-order chi connectivity index (χ0) is 26.2. The molecule has 2 heterocycles. The van der Waals surface area contributed by atoms with Gasteiger partial charge in [0.05, 0.1) is 23.8 Å². The van der Waals surface area contributed by atoms with Crippen molar-refractivity contribution in [3.8, 4) is 17.2 Å². The van der Waals surface area contributed by atoms with Crippen molar-refractivity contribution < 1.29 is 28.5 Å². The number of nitrogens with zero attached hydrogens (tertiary/aromatic N) is 1. The standard InChI is InChI=1S/C27H28N2O7S/c1-3-11-34-20-8-5-18(6-9-20)13-23-27(32)29(25(37-23)14-26(31)33-4-2)16-24(30)28-15-19-7-10-21-22(12-19)36-17-35-21/h5-10,12-14H,3-4,11,15-17H2,1-2H3,(H,28,30)/b23-13-,25-14-. The molecule has 37 heavy (non-hydrogen) atoms. The van der Waals surface area contributed by atoms with E-state index >= 15 is 0 Å². The zero-order valence-electron chi connectivity index (χ0n) is 20.7. The number of benzene rings is 2. The lowest BCUT2D eigenvalue weighted by molar-refractivity contribution is -0.135. The average Bonchev–Trinajstić information content (AvgIpc) is 3.47. The predicted molar refractivity (Wildman–Crippen MR) is 139 cm³/mol. The summed E-state index contributed by atoms with van der Waals surface area (Å²) in [6, 6.07) is 12.8. The van der Waals surface area contributed by atoms with Gasteiger partial charge in [-0.3, -0.25) is 14.2 Å². The summed E-state index contributed by atoms with van der Waals surface area (Å²) in [5.41, 5.74) is 1.25. The summed E-state index contributed by atoms with van der Waals surface area (Å²) in [7, 11) is 0. The molecular weight excluding hydrogens is 496 g/mol. The lowest BCUT2D eigenvalue weighted by atomic mass is 10.2. The van der Waals surface area contributed by atoms with Gasteiger partial charge in [-0.25, -0.2) is 4.79 Å². The highest BCUT2D eigenvalue weighted by atomic mass is 32.1. The van der Waals surface area contributed by atoms with Gasteiger partial charge in [0.2, 0.25) is 12.7 Å². The van der Waals surface area contributed by atoms with Gasteiger partial charge in [-0.15, -0.1) is 11.3 Å². The maximum atomic E-state index is 13.2. The Kier molecular flexibility index (Phi) is 8.63. The van der Waals surface area contributed by atoms with E-state index in [0.717, 1.165) is 34.6 Å². The van der Waals surface area contributed by atoms with E-state index in [0.29, 0.717) is 27.3 Å². The van der Waals surface area contributed by atoms with Crippen molar-refractivity contribution in [3.63, 3.8) is 0 Å². The van der Waals surface area contributed by atoms with Crippen LogP contribution in [-0.4, -0.2) is 36.5 Å². The van der Waals surface area contributed by atoms with E-state index < -0.39 is 5.97 Å². The summed E-state index contributed by atoms with van der Waals surface area (Å²) in [6.07, 6.45) is 3.87. The van der Waals surface area contributed by atoms with Crippen LogP contribution in [-0.2, 0) is 27.4 Å². The summed E-state index contributed by atoms with van der Waals surface area (Å²) in [6.45, 7) is 4.73. The molecule has 0 saturated carbocycles. The Morgan fingerprint density at radius 3 is 2.65 bits per heavy atom. The van der Waals surface area contributed by atoms with E-state index in [9.17, 15) is 14.4 Å². The second-order valence-electron chi connectivity index (χ2n) is 8.12. The number of carbonyl (C=O) groups excluding carboxylic acids is 2. The summed E-state index contributed by atoms with van der Waals surface area (Å²) in [5.74, 6) is 1.07. The van der Waals surface area contributed by atoms with Crippen molar-refractivity contribution in [1.29, 1.82) is 0 Å². The number of hydrogen-bond acceptors (Lipinski definition) is 8. The summed E-state index contributed by atoms with van der Waals surface area (Å²) >= 11 is 1.12. The van der Waals surface area contributed by atoms with Gasteiger partial charge >= 0.3 is 5.97 Å². The lowest BCUT2D eigenvalue weighted by Gasteiger charge is -2.07. The maximum Gasteiger partial charge on any atom is 0.333 e. The number of thiazole rings is 1. The molecule has 0 spiro atoms. The molecule has 0 saturated heterocycles. The predicted octanol–water partition coefficient (Wildman–Crippen LogP) is 1.92. The molecule has 1 N–H and O–H groups in total. The van der Waals surface area contributed by atoms with Crippen LogP contribution >= 0.6 is 11.3 Å². The van der Waals surface area contributed by atoms with Gasteiger partial charge in [0, 0.05) is 6.54 Å². The Balaban J connectivity index is 1.55. The van der Waals surface area contributed by atoms with Crippen LogP contribution in [0, 0.1) is 0 Å². The molecule has 1 amide bonds. The van der Waals surface area contributed by atoms with E-state index in [4.69, 9.17) is 18.9 Å². The molecule has 0 radical (unpaired) electrons. The third-order valence-electron chi connectivity index (χ3n) is 5.34. The largest absolute Gasteiger partial charge is 0.494 e. The van der Waals surface area contributed by atoms with Crippen molar-refractivity contribution in [2.45, 2.75) is 33.4 Å². The molecule has 194 valence electrons. The zero-order valence-corrected chi connectivity index (χ0v) is 21.5. The first-order chi connectivity index (χ1) is 18.0. The van der Waals surface area contributed by atoms with E-state index in [1.165, 1.54) is 10.6 Å². The number of amides is 1. The van der Waals surface area contributed by atoms with E-state index in [1.807, 2.05) is 37.3 Å². The summed E-state index contributed by atoms with van der Waals surface area (Å²) in [4.78, 5) is 38.1.